The number of hydrogen-bond acceptors (Lipinski definition) is 2. The summed E-state index contributed by atoms with van der Waals surface area (Å²) in [5.74, 6) is 0.00597. The third-order valence-corrected chi connectivity index (χ3v) is 2.24. The summed E-state index contributed by atoms with van der Waals surface area (Å²) < 4.78 is 0. The van der Waals surface area contributed by atoms with Crippen LogP contribution in [0.4, 0.5) is 0 Å². The first kappa shape index (κ1) is 8.74. The second-order valence-corrected chi connectivity index (χ2v) is 3.35. The van der Waals surface area contributed by atoms with Crippen molar-refractivity contribution in [3.05, 3.63) is 33.7 Å². The van der Waals surface area contributed by atoms with Gasteiger partial charge >= 0.3 is 5.69 Å². The fraction of sp³-hybridized carbons (Fsp3) is 0.200. The van der Waals surface area contributed by atoms with Gasteiger partial charge in [0.1, 0.15) is 0 Å². The molecular weight excluding hydrogens is 180 g/mol. The number of imidazole rings is 1. The van der Waals surface area contributed by atoms with Crippen LogP contribution in [0.3, 0.4) is 0 Å². The lowest BCUT2D eigenvalue weighted by molar-refractivity contribution is 0.101. The molecule has 0 fully saturated rings. The van der Waals surface area contributed by atoms with Gasteiger partial charge in [-0.05, 0) is 31.5 Å². The molecule has 0 bridgehead atoms. The van der Waals surface area contributed by atoms with Gasteiger partial charge in [-0.3, -0.25) is 4.79 Å². The summed E-state index contributed by atoms with van der Waals surface area (Å²) in [4.78, 5) is 27.5. The zero-order chi connectivity index (χ0) is 10.3. The number of carbonyl (C=O) groups excluding carboxylic acids is 1. The molecular formula is C10H10N2O2. The third-order valence-electron chi connectivity index (χ3n) is 2.24. The predicted octanol–water partition coefficient (Wildman–Crippen LogP) is 1.37. The smallest absolute Gasteiger partial charge is 0.306 e. The number of aryl methyl sites for hydroxylation is 1. The molecule has 72 valence electrons. The number of aromatic amines is 2. The van der Waals surface area contributed by atoms with Crippen molar-refractivity contribution in [3.8, 4) is 0 Å². The number of rotatable bonds is 1. The highest BCUT2D eigenvalue weighted by atomic mass is 16.1. The Morgan fingerprint density at radius 1 is 1.21 bits per heavy atom. The minimum Gasteiger partial charge on any atom is -0.306 e. The summed E-state index contributed by atoms with van der Waals surface area (Å²) >= 11 is 0. The first-order valence-corrected chi connectivity index (χ1v) is 4.31. The standard InChI is InChI=1S/C10H10N2O2/c1-5-3-8-9(12-10(14)11-8)4-7(5)6(2)13/h3-4H,1-2H3,(H2,11,12,14). The fourth-order valence-electron chi connectivity index (χ4n) is 1.57. The summed E-state index contributed by atoms with van der Waals surface area (Å²) in [7, 11) is 0. The number of benzene rings is 1. The first-order valence-electron chi connectivity index (χ1n) is 4.31. The minimum absolute atomic E-state index is 0.00597. The van der Waals surface area contributed by atoms with E-state index >= 15 is 0 Å². The van der Waals surface area contributed by atoms with Gasteiger partial charge in [0.2, 0.25) is 0 Å². The lowest BCUT2D eigenvalue weighted by atomic mass is 10.0. The van der Waals surface area contributed by atoms with Crippen molar-refractivity contribution >= 4 is 16.8 Å². The van der Waals surface area contributed by atoms with E-state index in [4.69, 9.17) is 0 Å². The van der Waals surface area contributed by atoms with Crippen LogP contribution >= 0.6 is 0 Å². The Labute approximate surface area is 80.0 Å². The summed E-state index contributed by atoms with van der Waals surface area (Å²) in [6.07, 6.45) is 0. The molecule has 0 radical (unpaired) electrons. The highest BCUT2D eigenvalue weighted by molar-refractivity contribution is 5.98. The van der Waals surface area contributed by atoms with E-state index in [0.717, 1.165) is 11.1 Å². The Morgan fingerprint density at radius 3 is 2.36 bits per heavy atom. The van der Waals surface area contributed by atoms with Crippen molar-refractivity contribution in [1.82, 2.24) is 9.97 Å². The molecule has 0 amide bonds. The molecule has 0 spiro atoms. The fourth-order valence-corrected chi connectivity index (χ4v) is 1.57. The Bertz CT molecular complexity index is 563. The zero-order valence-corrected chi connectivity index (χ0v) is 7.97. The van der Waals surface area contributed by atoms with Crippen molar-refractivity contribution in [2.24, 2.45) is 0 Å². The summed E-state index contributed by atoms with van der Waals surface area (Å²) in [6.45, 7) is 3.36. The van der Waals surface area contributed by atoms with Gasteiger partial charge in [0, 0.05) is 5.56 Å². The first-order chi connectivity index (χ1) is 6.58. The van der Waals surface area contributed by atoms with Crippen LogP contribution in [0.5, 0.6) is 0 Å². The van der Waals surface area contributed by atoms with E-state index in [0.29, 0.717) is 11.1 Å². The Hall–Kier alpha value is -1.84. The van der Waals surface area contributed by atoms with Crippen LogP contribution in [0.25, 0.3) is 11.0 Å². The van der Waals surface area contributed by atoms with Gasteiger partial charge < -0.3 is 9.97 Å². The third kappa shape index (κ3) is 1.25. The average Bonchev–Trinajstić information content (AvgIpc) is 2.42. The number of hydrogen-bond donors (Lipinski definition) is 2. The average molecular weight is 190 g/mol. The molecule has 1 aromatic carbocycles. The Balaban J connectivity index is 2.82. The molecule has 1 aromatic heterocycles. The van der Waals surface area contributed by atoms with Crippen LogP contribution in [-0.4, -0.2) is 15.8 Å². The summed E-state index contributed by atoms with van der Waals surface area (Å²) in [5, 5.41) is 0. The topological polar surface area (TPSA) is 65.7 Å². The molecule has 4 heteroatoms. The maximum Gasteiger partial charge on any atom is 0.323 e. The largest absolute Gasteiger partial charge is 0.323 e. The van der Waals surface area contributed by atoms with Gasteiger partial charge in [-0.15, -0.1) is 0 Å². The van der Waals surface area contributed by atoms with Crippen LogP contribution in [0.1, 0.15) is 22.8 Å². The maximum absolute atomic E-state index is 11.2. The molecule has 1 heterocycles. The number of aromatic nitrogens is 2. The van der Waals surface area contributed by atoms with Gasteiger partial charge in [0.25, 0.3) is 0 Å². The van der Waals surface area contributed by atoms with Crippen molar-refractivity contribution in [3.63, 3.8) is 0 Å². The molecule has 0 aliphatic heterocycles. The molecule has 0 saturated carbocycles. The molecule has 0 unspecified atom stereocenters. The highest BCUT2D eigenvalue weighted by Gasteiger charge is 2.07. The van der Waals surface area contributed by atoms with E-state index in [9.17, 15) is 9.59 Å². The predicted molar refractivity (Wildman–Crippen MR) is 53.7 cm³/mol. The molecule has 0 aliphatic carbocycles. The number of H-pyrrole nitrogens is 2. The lowest BCUT2D eigenvalue weighted by Crippen LogP contribution is -1.99. The van der Waals surface area contributed by atoms with Gasteiger partial charge in [-0.25, -0.2) is 4.79 Å². The van der Waals surface area contributed by atoms with Crippen molar-refractivity contribution in [2.45, 2.75) is 13.8 Å². The molecule has 0 atom stereocenters. The van der Waals surface area contributed by atoms with Crippen LogP contribution < -0.4 is 5.69 Å². The van der Waals surface area contributed by atoms with E-state index in [-0.39, 0.29) is 11.5 Å². The highest BCUT2D eigenvalue weighted by Crippen LogP contribution is 2.15. The Morgan fingerprint density at radius 2 is 1.79 bits per heavy atom. The second-order valence-electron chi connectivity index (χ2n) is 3.35. The number of Topliss-reactive ketones (excluding diaryl/α,β-unsaturated/α-hetero) is 1. The van der Waals surface area contributed by atoms with Crippen molar-refractivity contribution < 1.29 is 4.79 Å². The number of nitrogens with one attached hydrogen (secondary N) is 2. The van der Waals surface area contributed by atoms with Crippen LogP contribution in [0.2, 0.25) is 0 Å². The SMILES string of the molecule is CC(=O)c1cc2[nH]c(=O)[nH]c2cc1C. The minimum atomic E-state index is -0.250. The molecule has 0 aliphatic rings. The summed E-state index contributed by atoms with van der Waals surface area (Å²) in [5.41, 5.74) is 2.68. The maximum atomic E-state index is 11.2. The number of carbonyl (C=O) groups is 1. The van der Waals surface area contributed by atoms with E-state index < -0.39 is 0 Å². The van der Waals surface area contributed by atoms with E-state index in [1.165, 1.54) is 6.92 Å². The molecule has 2 aromatic rings. The van der Waals surface area contributed by atoms with Crippen molar-refractivity contribution in [2.75, 3.05) is 0 Å². The van der Waals surface area contributed by atoms with E-state index in [1.54, 1.807) is 12.1 Å². The normalized spacial score (nSPS) is 10.7. The molecule has 0 saturated heterocycles. The van der Waals surface area contributed by atoms with Gasteiger partial charge in [0.15, 0.2) is 5.78 Å². The van der Waals surface area contributed by atoms with Gasteiger partial charge in [0.05, 0.1) is 11.0 Å². The van der Waals surface area contributed by atoms with E-state index in [1.807, 2.05) is 6.92 Å². The lowest BCUT2D eigenvalue weighted by Gasteiger charge is -2.00. The Kier molecular flexibility index (Phi) is 1.77. The van der Waals surface area contributed by atoms with Crippen LogP contribution in [-0.2, 0) is 0 Å². The quantitative estimate of drug-likeness (QED) is 0.667. The number of fused-ring (bicyclic) bond motifs is 1. The molecule has 2 N–H and O–H groups in total. The molecule has 2 rings (SSSR count). The molecule has 14 heavy (non-hydrogen) atoms. The number of ketones is 1. The second kappa shape index (κ2) is 2.83. The van der Waals surface area contributed by atoms with Gasteiger partial charge in [-0.1, -0.05) is 0 Å². The van der Waals surface area contributed by atoms with Crippen molar-refractivity contribution in [1.29, 1.82) is 0 Å². The van der Waals surface area contributed by atoms with E-state index in [2.05, 4.69) is 9.97 Å². The van der Waals surface area contributed by atoms with Crippen LogP contribution in [0.15, 0.2) is 16.9 Å². The zero-order valence-electron chi connectivity index (χ0n) is 7.97. The summed E-state index contributed by atoms with van der Waals surface area (Å²) in [6, 6.07) is 3.49. The van der Waals surface area contributed by atoms with Gasteiger partial charge in [-0.2, -0.15) is 0 Å². The monoisotopic (exact) mass is 190 g/mol. The molecule has 4 nitrogen and oxygen atoms in total. The van der Waals surface area contributed by atoms with Crippen LogP contribution in [0, 0.1) is 6.92 Å².